The summed E-state index contributed by atoms with van der Waals surface area (Å²) in [7, 11) is -1.52. The summed E-state index contributed by atoms with van der Waals surface area (Å²) >= 11 is 12.8. The van der Waals surface area contributed by atoms with Crippen LogP contribution in [0.2, 0.25) is 10.0 Å². The van der Waals surface area contributed by atoms with Crippen LogP contribution in [0.25, 0.3) is 0 Å². The topological polar surface area (TPSA) is 105 Å². The molecule has 9 nitrogen and oxygen atoms in total. The molecule has 4 aromatic carbocycles. The minimum absolute atomic E-state index is 0.000894. The van der Waals surface area contributed by atoms with E-state index in [-0.39, 0.29) is 41.2 Å². The smallest absolute Gasteiger partial charge is 0.264 e. The zero-order valence-corrected chi connectivity index (χ0v) is 29.7. The molecule has 5 rings (SSSR count). The van der Waals surface area contributed by atoms with Gasteiger partial charge < -0.3 is 19.7 Å². The maximum absolute atomic E-state index is 14.7. The fourth-order valence-electron chi connectivity index (χ4n) is 5.97. The number of anilines is 1. The van der Waals surface area contributed by atoms with E-state index in [9.17, 15) is 18.0 Å². The first-order valence-electron chi connectivity index (χ1n) is 16.0. The zero-order chi connectivity index (χ0) is 35.0. The lowest BCUT2D eigenvalue weighted by molar-refractivity contribution is -0.140. The Morgan fingerprint density at radius 1 is 0.857 bits per heavy atom. The molecule has 0 bridgehead atoms. The third-order valence-electron chi connectivity index (χ3n) is 8.61. The molecule has 1 saturated carbocycles. The Morgan fingerprint density at radius 3 is 2.16 bits per heavy atom. The van der Waals surface area contributed by atoms with Crippen LogP contribution in [0.1, 0.15) is 36.8 Å². The summed E-state index contributed by atoms with van der Waals surface area (Å²) in [5, 5.41) is 3.98. The fraction of sp³-hybridized carbons (Fsp3) is 0.297. The molecule has 4 aromatic rings. The highest BCUT2D eigenvalue weighted by molar-refractivity contribution is 7.92. The first kappa shape index (κ1) is 36.0. The first-order valence-corrected chi connectivity index (χ1v) is 18.2. The maximum Gasteiger partial charge on any atom is 0.264 e. The van der Waals surface area contributed by atoms with E-state index < -0.39 is 28.5 Å². The number of rotatable bonds is 14. The van der Waals surface area contributed by atoms with Crippen molar-refractivity contribution in [3.8, 4) is 11.5 Å². The monoisotopic (exact) mass is 723 g/mol. The Balaban J connectivity index is 1.59. The summed E-state index contributed by atoms with van der Waals surface area (Å²) < 4.78 is 40.5. The molecule has 0 heterocycles. The summed E-state index contributed by atoms with van der Waals surface area (Å²) in [6.07, 6.45) is 3.95. The molecule has 1 atom stereocenters. The van der Waals surface area contributed by atoms with Gasteiger partial charge in [-0.05, 0) is 66.4 Å². The van der Waals surface area contributed by atoms with Gasteiger partial charge in [0.15, 0.2) is 11.5 Å². The van der Waals surface area contributed by atoms with Gasteiger partial charge in [-0.1, -0.05) is 84.6 Å². The van der Waals surface area contributed by atoms with Crippen molar-refractivity contribution in [1.29, 1.82) is 0 Å². The first-order chi connectivity index (χ1) is 23.6. The number of sulfonamides is 1. The molecule has 1 aliphatic rings. The maximum atomic E-state index is 14.7. The van der Waals surface area contributed by atoms with E-state index in [0.29, 0.717) is 21.4 Å². The van der Waals surface area contributed by atoms with Crippen molar-refractivity contribution in [2.24, 2.45) is 0 Å². The molecule has 0 aromatic heterocycles. The van der Waals surface area contributed by atoms with E-state index in [1.54, 1.807) is 36.4 Å². The average molecular weight is 725 g/mol. The fourth-order valence-corrected chi connectivity index (χ4v) is 7.72. The van der Waals surface area contributed by atoms with Gasteiger partial charge in [0.1, 0.15) is 12.6 Å². The molecular formula is C37H39Cl2N3O6S. The molecule has 1 fully saturated rings. The van der Waals surface area contributed by atoms with E-state index >= 15 is 0 Å². The minimum atomic E-state index is -4.38. The van der Waals surface area contributed by atoms with Crippen molar-refractivity contribution in [2.75, 3.05) is 25.1 Å². The van der Waals surface area contributed by atoms with Crippen LogP contribution in [-0.4, -0.2) is 58.0 Å². The van der Waals surface area contributed by atoms with Crippen molar-refractivity contribution < 1.29 is 27.5 Å². The summed E-state index contributed by atoms with van der Waals surface area (Å²) in [5.41, 5.74) is 1.67. The lowest BCUT2D eigenvalue weighted by atomic mass is 10.0. The number of carbonyl (C=O) groups is 2. The van der Waals surface area contributed by atoms with Crippen LogP contribution in [0.3, 0.4) is 0 Å². The molecule has 2 amide bonds. The Morgan fingerprint density at radius 2 is 1.51 bits per heavy atom. The molecule has 258 valence electrons. The van der Waals surface area contributed by atoms with Crippen molar-refractivity contribution in [3.63, 3.8) is 0 Å². The third kappa shape index (κ3) is 8.86. The van der Waals surface area contributed by atoms with Gasteiger partial charge in [-0.15, -0.1) is 0 Å². The number of ether oxygens (including phenoxy) is 2. The van der Waals surface area contributed by atoms with E-state index in [0.717, 1.165) is 35.6 Å². The molecule has 0 aliphatic heterocycles. The quantitative estimate of drug-likeness (QED) is 0.152. The van der Waals surface area contributed by atoms with Gasteiger partial charge in [0.05, 0.1) is 24.8 Å². The van der Waals surface area contributed by atoms with Gasteiger partial charge in [-0.25, -0.2) is 8.42 Å². The normalized spacial score (nSPS) is 13.8. The number of methoxy groups -OCH3 is 2. The number of hydrogen-bond donors (Lipinski definition) is 1. The van der Waals surface area contributed by atoms with Crippen molar-refractivity contribution in [1.82, 2.24) is 10.2 Å². The van der Waals surface area contributed by atoms with Gasteiger partial charge in [-0.2, -0.15) is 0 Å². The van der Waals surface area contributed by atoms with E-state index in [2.05, 4.69) is 5.32 Å². The van der Waals surface area contributed by atoms with Crippen LogP contribution in [0.4, 0.5) is 5.69 Å². The van der Waals surface area contributed by atoms with Gasteiger partial charge in [0.2, 0.25) is 11.8 Å². The average Bonchev–Trinajstić information content (AvgIpc) is 3.63. The molecule has 0 spiro atoms. The summed E-state index contributed by atoms with van der Waals surface area (Å²) in [6.45, 7) is -0.649. The third-order valence-corrected chi connectivity index (χ3v) is 11.0. The molecule has 1 N–H and O–H groups in total. The second kappa shape index (κ2) is 16.4. The number of benzene rings is 4. The van der Waals surface area contributed by atoms with Crippen LogP contribution in [0, 0.1) is 0 Å². The second-order valence-corrected chi connectivity index (χ2v) is 14.5. The SMILES string of the molecule is COc1ccc(S(=O)(=O)N(CC(=O)N(Cc2ccccc2Cl)C(Cc2ccccc2)C(=O)NC2CCCC2)c2ccc(Cl)cc2)cc1OC. The number of carbonyl (C=O) groups excluding carboxylic acids is 2. The van der Waals surface area contributed by atoms with Crippen LogP contribution in [0.15, 0.2) is 102 Å². The molecule has 49 heavy (non-hydrogen) atoms. The number of halogens is 2. The number of nitrogens with zero attached hydrogens (tertiary/aromatic N) is 2. The Kier molecular flexibility index (Phi) is 12.1. The summed E-state index contributed by atoms with van der Waals surface area (Å²) in [6, 6.07) is 25.9. The lowest BCUT2D eigenvalue weighted by Gasteiger charge is -2.34. The number of nitrogens with one attached hydrogen (secondary N) is 1. The lowest BCUT2D eigenvalue weighted by Crippen LogP contribution is -2.54. The molecule has 1 unspecified atom stereocenters. The standard InChI is InChI=1S/C37H39Cl2N3O6S/c1-47-34-21-20-31(23-35(34)48-2)49(45,46)42(30-18-16-28(38)17-19-30)25-36(43)41(24-27-12-6-9-15-32(27)39)33(22-26-10-4-3-5-11-26)37(44)40-29-13-7-8-14-29/h3-6,9-12,15-21,23,29,33H,7-8,13-14,22,24-25H2,1-2H3,(H,40,44). The molecule has 0 radical (unpaired) electrons. The predicted molar refractivity (Wildman–Crippen MR) is 192 cm³/mol. The molecular weight excluding hydrogens is 685 g/mol. The van der Waals surface area contributed by atoms with Crippen molar-refractivity contribution >= 4 is 50.7 Å². The highest BCUT2D eigenvalue weighted by Crippen LogP contribution is 2.33. The minimum Gasteiger partial charge on any atom is -0.493 e. The van der Waals surface area contributed by atoms with Crippen molar-refractivity contribution in [3.05, 3.63) is 118 Å². The zero-order valence-electron chi connectivity index (χ0n) is 27.4. The highest BCUT2D eigenvalue weighted by atomic mass is 35.5. The Labute approximate surface area is 297 Å². The number of hydrogen-bond acceptors (Lipinski definition) is 6. The number of amides is 2. The van der Waals surface area contributed by atoms with E-state index in [4.69, 9.17) is 32.7 Å². The van der Waals surface area contributed by atoms with Crippen molar-refractivity contribution in [2.45, 2.75) is 55.6 Å². The van der Waals surface area contributed by atoms with Crippen LogP contribution < -0.4 is 19.1 Å². The second-order valence-electron chi connectivity index (χ2n) is 11.8. The van der Waals surface area contributed by atoms with Gasteiger partial charge in [0.25, 0.3) is 10.0 Å². The van der Waals surface area contributed by atoms with Gasteiger partial charge in [-0.3, -0.25) is 13.9 Å². The van der Waals surface area contributed by atoms with Crippen LogP contribution >= 0.6 is 23.2 Å². The van der Waals surface area contributed by atoms with E-state index in [1.165, 1.54) is 49.5 Å². The summed E-state index contributed by atoms with van der Waals surface area (Å²) in [5.74, 6) is -0.352. The van der Waals surface area contributed by atoms with Crippen LogP contribution in [-0.2, 0) is 32.6 Å². The van der Waals surface area contributed by atoms with E-state index in [1.807, 2.05) is 30.3 Å². The predicted octanol–water partition coefficient (Wildman–Crippen LogP) is 6.90. The van der Waals surface area contributed by atoms with Gasteiger partial charge in [0, 0.05) is 35.1 Å². The summed E-state index contributed by atoms with van der Waals surface area (Å²) in [4.78, 5) is 30.2. The van der Waals surface area contributed by atoms with Gasteiger partial charge >= 0.3 is 0 Å². The molecule has 1 aliphatic carbocycles. The Hall–Kier alpha value is -4.25. The molecule has 0 saturated heterocycles. The highest BCUT2D eigenvalue weighted by Gasteiger charge is 2.36. The Bertz CT molecular complexity index is 1850. The largest absolute Gasteiger partial charge is 0.493 e. The molecule has 12 heteroatoms. The van der Waals surface area contributed by atoms with Crippen LogP contribution in [0.5, 0.6) is 11.5 Å².